The van der Waals surface area contributed by atoms with Crippen LogP contribution < -0.4 is 10.9 Å². The third-order valence-electron chi connectivity index (χ3n) is 3.41. The maximum absolute atomic E-state index is 12.3. The first kappa shape index (κ1) is 14.7. The fraction of sp³-hybridized carbons (Fsp3) is 0.0556. The van der Waals surface area contributed by atoms with Gasteiger partial charge >= 0.3 is 5.63 Å². The summed E-state index contributed by atoms with van der Waals surface area (Å²) in [6.45, 7) is 1.44. The summed E-state index contributed by atoms with van der Waals surface area (Å²) in [6, 6.07) is 15.0. The SMILES string of the molecule is CC(=O)c1cccc(NC(=O)c2cc3ccccc3oc2=O)c1. The first-order chi connectivity index (χ1) is 11.0. The first-order valence-electron chi connectivity index (χ1n) is 7.00. The molecule has 0 aliphatic carbocycles. The highest BCUT2D eigenvalue weighted by atomic mass is 16.4. The van der Waals surface area contributed by atoms with Crippen LogP contribution in [0.1, 0.15) is 27.6 Å². The summed E-state index contributed by atoms with van der Waals surface area (Å²) in [7, 11) is 0. The highest BCUT2D eigenvalue weighted by Crippen LogP contribution is 2.15. The number of nitrogens with one attached hydrogen (secondary N) is 1. The van der Waals surface area contributed by atoms with Gasteiger partial charge in [-0.2, -0.15) is 0 Å². The number of fused-ring (bicyclic) bond motifs is 1. The lowest BCUT2D eigenvalue weighted by molar-refractivity contribution is 0.100. The second-order valence-electron chi connectivity index (χ2n) is 5.08. The molecule has 2 aromatic carbocycles. The predicted octanol–water partition coefficient (Wildman–Crippen LogP) is 3.25. The molecule has 1 amide bonds. The number of rotatable bonds is 3. The van der Waals surface area contributed by atoms with Crippen LogP contribution in [0.2, 0.25) is 0 Å². The highest BCUT2D eigenvalue weighted by Gasteiger charge is 2.14. The lowest BCUT2D eigenvalue weighted by Gasteiger charge is -2.06. The van der Waals surface area contributed by atoms with E-state index >= 15 is 0 Å². The second kappa shape index (κ2) is 5.88. The van der Waals surface area contributed by atoms with Crippen LogP contribution in [0.5, 0.6) is 0 Å². The van der Waals surface area contributed by atoms with Crippen molar-refractivity contribution in [3.8, 4) is 0 Å². The smallest absolute Gasteiger partial charge is 0.349 e. The summed E-state index contributed by atoms with van der Waals surface area (Å²) < 4.78 is 5.14. The van der Waals surface area contributed by atoms with Crippen LogP contribution in [0.15, 0.2) is 63.8 Å². The number of anilines is 1. The molecule has 1 N–H and O–H groups in total. The van der Waals surface area contributed by atoms with E-state index in [1.165, 1.54) is 13.0 Å². The van der Waals surface area contributed by atoms with Crippen molar-refractivity contribution in [2.24, 2.45) is 0 Å². The van der Waals surface area contributed by atoms with E-state index in [2.05, 4.69) is 5.32 Å². The number of Topliss-reactive ketones (excluding diaryl/α,β-unsaturated/α-hetero) is 1. The minimum absolute atomic E-state index is 0.0862. The molecule has 0 unspecified atom stereocenters. The van der Waals surface area contributed by atoms with Gasteiger partial charge in [0.25, 0.3) is 5.91 Å². The lowest BCUT2D eigenvalue weighted by atomic mass is 10.1. The predicted molar refractivity (Wildman–Crippen MR) is 86.9 cm³/mol. The van der Waals surface area contributed by atoms with Crippen molar-refractivity contribution >= 4 is 28.3 Å². The Morgan fingerprint density at radius 1 is 1.00 bits per heavy atom. The van der Waals surface area contributed by atoms with E-state index in [0.717, 1.165) is 0 Å². The minimum atomic E-state index is -0.705. The Morgan fingerprint density at radius 3 is 2.57 bits per heavy atom. The van der Waals surface area contributed by atoms with Crippen molar-refractivity contribution in [3.05, 3.63) is 76.1 Å². The van der Waals surface area contributed by atoms with Gasteiger partial charge in [-0.25, -0.2) is 4.79 Å². The normalized spacial score (nSPS) is 10.5. The van der Waals surface area contributed by atoms with Gasteiger partial charge in [0.15, 0.2) is 5.78 Å². The molecule has 0 aliphatic heterocycles. The molecule has 5 nitrogen and oxygen atoms in total. The first-order valence-corrected chi connectivity index (χ1v) is 7.00. The van der Waals surface area contributed by atoms with Gasteiger partial charge in [0.2, 0.25) is 0 Å². The molecule has 114 valence electrons. The summed E-state index contributed by atoms with van der Waals surface area (Å²) in [4.78, 5) is 35.6. The third-order valence-corrected chi connectivity index (χ3v) is 3.41. The van der Waals surface area contributed by atoms with Gasteiger partial charge in [-0.3, -0.25) is 9.59 Å². The number of carbonyl (C=O) groups excluding carboxylic acids is 2. The van der Waals surface area contributed by atoms with Crippen LogP contribution >= 0.6 is 0 Å². The van der Waals surface area contributed by atoms with Crippen LogP contribution in [0.25, 0.3) is 11.0 Å². The van der Waals surface area contributed by atoms with Crippen LogP contribution in [0, 0.1) is 0 Å². The van der Waals surface area contributed by atoms with E-state index < -0.39 is 11.5 Å². The summed E-state index contributed by atoms with van der Waals surface area (Å²) in [5.41, 5.74) is 0.553. The fourth-order valence-electron chi connectivity index (χ4n) is 2.23. The van der Waals surface area contributed by atoms with Gasteiger partial charge in [-0.1, -0.05) is 30.3 Å². The Kier molecular flexibility index (Phi) is 3.76. The van der Waals surface area contributed by atoms with Crippen LogP contribution in [0.3, 0.4) is 0 Å². The number of carbonyl (C=O) groups is 2. The molecule has 0 saturated carbocycles. The second-order valence-corrected chi connectivity index (χ2v) is 5.08. The van der Waals surface area contributed by atoms with Crippen molar-refractivity contribution < 1.29 is 14.0 Å². The molecular weight excluding hydrogens is 294 g/mol. The molecule has 0 bridgehead atoms. The van der Waals surface area contributed by atoms with Gasteiger partial charge in [-0.15, -0.1) is 0 Å². The largest absolute Gasteiger partial charge is 0.422 e. The monoisotopic (exact) mass is 307 g/mol. The quantitative estimate of drug-likeness (QED) is 0.595. The van der Waals surface area contributed by atoms with Crippen LogP contribution in [0.4, 0.5) is 5.69 Å². The number of benzene rings is 2. The lowest BCUT2D eigenvalue weighted by Crippen LogP contribution is -2.20. The Balaban J connectivity index is 1.94. The Hall–Kier alpha value is -3.21. The number of hydrogen-bond donors (Lipinski definition) is 1. The van der Waals surface area contributed by atoms with E-state index in [9.17, 15) is 14.4 Å². The molecule has 0 saturated heterocycles. The van der Waals surface area contributed by atoms with Gasteiger partial charge < -0.3 is 9.73 Å². The number of amides is 1. The zero-order chi connectivity index (χ0) is 16.4. The molecule has 5 heteroatoms. The highest BCUT2D eigenvalue weighted by molar-refractivity contribution is 6.06. The minimum Gasteiger partial charge on any atom is -0.422 e. The van der Waals surface area contributed by atoms with Crippen molar-refractivity contribution in [1.29, 1.82) is 0 Å². The van der Waals surface area contributed by atoms with E-state index in [1.54, 1.807) is 48.5 Å². The van der Waals surface area contributed by atoms with Gasteiger partial charge in [0, 0.05) is 16.6 Å². The molecule has 0 spiro atoms. The molecule has 1 aromatic heterocycles. The zero-order valence-electron chi connectivity index (χ0n) is 12.3. The Morgan fingerprint density at radius 2 is 1.78 bits per heavy atom. The standard InChI is InChI=1S/C18H13NO4/c1-11(20)12-6-4-7-14(9-12)19-17(21)15-10-13-5-2-3-8-16(13)23-18(15)22/h2-10H,1H3,(H,19,21). The van der Waals surface area contributed by atoms with Crippen LogP contribution in [-0.2, 0) is 0 Å². The summed E-state index contributed by atoms with van der Waals surface area (Å²) in [6.07, 6.45) is 0. The van der Waals surface area contributed by atoms with Crippen molar-refractivity contribution in [2.75, 3.05) is 5.32 Å². The fourth-order valence-corrected chi connectivity index (χ4v) is 2.23. The Bertz CT molecular complexity index is 972. The molecular formula is C18H13NO4. The van der Waals surface area contributed by atoms with Gasteiger partial charge in [-0.05, 0) is 31.2 Å². The maximum atomic E-state index is 12.3. The number of hydrogen-bond acceptors (Lipinski definition) is 4. The van der Waals surface area contributed by atoms with Crippen LogP contribution in [-0.4, -0.2) is 11.7 Å². The molecule has 0 atom stereocenters. The molecule has 0 aliphatic rings. The molecule has 23 heavy (non-hydrogen) atoms. The summed E-state index contributed by atoms with van der Waals surface area (Å²) >= 11 is 0. The third kappa shape index (κ3) is 3.03. The number of ketones is 1. The van der Waals surface area contributed by atoms with Crippen molar-refractivity contribution in [3.63, 3.8) is 0 Å². The molecule has 3 aromatic rings. The van der Waals surface area contributed by atoms with E-state index in [-0.39, 0.29) is 11.3 Å². The average Bonchev–Trinajstić information content (AvgIpc) is 2.54. The number of para-hydroxylation sites is 1. The summed E-state index contributed by atoms with van der Waals surface area (Å²) in [5.74, 6) is -0.684. The Labute approximate surface area is 131 Å². The molecule has 1 heterocycles. The van der Waals surface area contributed by atoms with E-state index in [0.29, 0.717) is 22.2 Å². The van der Waals surface area contributed by atoms with E-state index in [1.807, 2.05) is 0 Å². The van der Waals surface area contributed by atoms with Crippen molar-refractivity contribution in [1.82, 2.24) is 0 Å². The van der Waals surface area contributed by atoms with Gasteiger partial charge in [0.1, 0.15) is 11.1 Å². The summed E-state index contributed by atoms with van der Waals surface area (Å²) in [5, 5.41) is 3.27. The van der Waals surface area contributed by atoms with Crippen molar-refractivity contribution in [2.45, 2.75) is 6.92 Å². The van der Waals surface area contributed by atoms with E-state index in [4.69, 9.17) is 4.42 Å². The molecule has 3 rings (SSSR count). The zero-order valence-corrected chi connectivity index (χ0v) is 12.3. The molecule has 0 fully saturated rings. The topological polar surface area (TPSA) is 76.4 Å². The average molecular weight is 307 g/mol. The maximum Gasteiger partial charge on any atom is 0.349 e. The van der Waals surface area contributed by atoms with Gasteiger partial charge in [0.05, 0.1) is 0 Å². The molecule has 0 radical (unpaired) electrons.